The summed E-state index contributed by atoms with van der Waals surface area (Å²) in [6.07, 6.45) is 2.18. The van der Waals surface area contributed by atoms with Crippen molar-refractivity contribution in [2.75, 3.05) is 31.6 Å². The van der Waals surface area contributed by atoms with Crippen LogP contribution in [0.4, 0.5) is 0 Å². The molecule has 2 atom stereocenters. The number of hydrogen-bond donors (Lipinski definition) is 4. The van der Waals surface area contributed by atoms with Gasteiger partial charge in [0.1, 0.15) is 0 Å². The predicted molar refractivity (Wildman–Crippen MR) is 92.8 cm³/mol. The monoisotopic (exact) mass is 414 g/mol. The molecule has 2 unspecified atom stereocenters. The second-order valence-electron chi connectivity index (χ2n) is 5.14. The molecule has 8 heteroatoms. The Hall–Kier alpha value is -0.220. The largest absolute Gasteiger partial charge is 0.387 e. The van der Waals surface area contributed by atoms with Gasteiger partial charge in [0, 0.05) is 38.4 Å². The maximum Gasteiger partial charge on any atom is 0.220 e. The summed E-state index contributed by atoms with van der Waals surface area (Å²) in [6.45, 7) is 1.14. The molecule has 2 aliphatic heterocycles. The van der Waals surface area contributed by atoms with E-state index in [1.807, 2.05) is 0 Å². The average Bonchev–Trinajstić information content (AvgIpc) is 2.84. The number of aliphatic imine (C=N–C) groups is 1. The van der Waals surface area contributed by atoms with Crippen LogP contribution in [0.25, 0.3) is 0 Å². The van der Waals surface area contributed by atoms with Crippen LogP contribution in [0.5, 0.6) is 0 Å². The van der Waals surface area contributed by atoms with Crippen molar-refractivity contribution in [2.24, 2.45) is 4.99 Å². The van der Waals surface area contributed by atoms with Crippen molar-refractivity contribution in [1.29, 1.82) is 0 Å². The number of halogens is 1. The van der Waals surface area contributed by atoms with E-state index in [0.29, 0.717) is 25.5 Å². The molecule has 2 fully saturated rings. The Balaban J connectivity index is 0.00000200. The Kier molecular flexibility index (Phi) is 7.38. The summed E-state index contributed by atoms with van der Waals surface area (Å²) in [5.41, 5.74) is -0.622. The molecule has 2 aliphatic rings. The van der Waals surface area contributed by atoms with Crippen LogP contribution in [0.2, 0.25) is 0 Å². The number of carbonyl (C=O) groups excluding carboxylic acids is 1. The number of nitrogens with one attached hydrogen (secondary N) is 3. The molecule has 0 aromatic rings. The highest BCUT2D eigenvalue weighted by Crippen LogP contribution is 2.26. The van der Waals surface area contributed by atoms with E-state index in [1.54, 1.807) is 18.8 Å². The maximum absolute atomic E-state index is 11.1. The van der Waals surface area contributed by atoms with E-state index in [9.17, 15) is 9.90 Å². The van der Waals surface area contributed by atoms with Crippen LogP contribution in [0.3, 0.4) is 0 Å². The molecule has 20 heavy (non-hydrogen) atoms. The SMILES string of the molecule is CN=C(NCC1(O)CCSC1)NC1CCC(=O)NC1.I. The lowest BCUT2D eigenvalue weighted by molar-refractivity contribution is -0.122. The molecule has 0 radical (unpaired) electrons. The zero-order valence-electron chi connectivity index (χ0n) is 11.6. The predicted octanol–water partition coefficient (Wildman–Crippen LogP) is -0.0840. The highest BCUT2D eigenvalue weighted by molar-refractivity contribution is 14.0. The van der Waals surface area contributed by atoms with E-state index in [0.717, 1.165) is 24.3 Å². The normalized spacial score (nSPS) is 30.4. The van der Waals surface area contributed by atoms with Crippen LogP contribution in [-0.2, 0) is 4.79 Å². The first-order valence-electron chi connectivity index (χ1n) is 6.65. The van der Waals surface area contributed by atoms with Gasteiger partial charge in [0.15, 0.2) is 5.96 Å². The fourth-order valence-electron chi connectivity index (χ4n) is 2.23. The first-order chi connectivity index (χ1) is 9.11. The maximum atomic E-state index is 11.1. The molecular formula is C12H23IN4O2S. The van der Waals surface area contributed by atoms with Crippen molar-refractivity contribution in [3.63, 3.8) is 0 Å². The molecule has 1 amide bonds. The van der Waals surface area contributed by atoms with Gasteiger partial charge in [0.05, 0.1) is 5.60 Å². The van der Waals surface area contributed by atoms with Gasteiger partial charge in [-0.1, -0.05) is 0 Å². The fraction of sp³-hybridized carbons (Fsp3) is 0.833. The zero-order valence-corrected chi connectivity index (χ0v) is 14.8. The third-order valence-electron chi connectivity index (χ3n) is 3.50. The molecule has 0 saturated carbocycles. The van der Waals surface area contributed by atoms with Crippen LogP contribution in [-0.4, -0.2) is 60.3 Å². The van der Waals surface area contributed by atoms with Gasteiger partial charge in [0.25, 0.3) is 0 Å². The summed E-state index contributed by atoms with van der Waals surface area (Å²) in [5.74, 6) is 2.58. The number of nitrogens with zero attached hydrogens (tertiary/aromatic N) is 1. The minimum absolute atomic E-state index is 0. The van der Waals surface area contributed by atoms with Gasteiger partial charge in [-0.3, -0.25) is 9.79 Å². The van der Waals surface area contributed by atoms with Crippen molar-refractivity contribution in [2.45, 2.75) is 30.9 Å². The minimum Gasteiger partial charge on any atom is -0.387 e. The van der Waals surface area contributed by atoms with E-state index >= 15 is 0 Å². The quantitative estimate of drug-likeness (QED) is 0.295. The number of aliphatic hydroxyl groups is 1. The van der Waals surface area contributed by atoms with Gasteiger partial charge < -0.3 is 21.1 Å². The summed E-state index contributed by atoms with van der Waals surface area (Å²) >= 11 is 1.78. The third kappa shape index (κ3) is 5.28. The molecule has 2 rings (SSSR count). The highest BCUT2D eigenvalue weighted by atomic mass is 127. The Labute approximate surface area is 141 Å². The van der Waals surface area contributed by atoms with E-state index in [4.69, 9.17) is 0 Å². The summed E-state index contributed by atoms with van der Waals surface area (Å²) < 4.78 is 0. The first-order valence-corrected chi connectivity index (χ1v) is 7.81. The number of carbonyl (C=O) groups is 1. The molecule has 0 bridgehead atoms. The zero-order chi connectivity index (χ0) is 13.7. The van der Waals surface area contributed by atoms with E-state index < -0.39 is 5.60 Å². The molecule has 0 aromatic carbocycles. The summed E-state index contributed by atoms with van der Waals surface area (Å²) in [7, 11) is 1.71. The topological polar surface area (TPSA) is 85.8 Å². The standard InChI is InChI=1S/C12H22N4O2S.HI/c1-13-11(15-7-12(18)4-5-19-8-12)16-9-2-3-10(17)14-6-9;/h9,18H,2-8H2,1H3,(H,14,17)(H2,13,15,16);1H. The van der Waals surface area contributed by atoms with Gasteiger partial charge in [-0.05, 0) is 18.6 Å². The van der Waals surface area contributed by atoms with Gasteiger partial charge in [-0.2, -0.15) is 11.8 Å². The van der Waals surface area contributed by atoms with Crippen LogP contribution in [0, 0.1) is 0 Å². The van der Waals surface area contributed by atoms with Crippen molar-refractivity contribution in [3.05, 3.63) is 0 Å². The summed E-state index contributed by atoms with van der Waals surface area (Å²) in [6, 6.07) is 0.205. The fourth-order valence-corrected chi connectivity index (χ4v) is 3.52. The number of rotatable bonds is 3. The van der Waals surface area contributed by atoms with Gasteiger partial charge >= 0.3 is 0 Å². The van der Waals surface area contributed by atoms with Crippen molar-refractivity contribution in [1.82, 2.24) is 16.0 Å². The third-order valence-corrected chi connectivity index (χ3v) is 4.73. The Morgan fingerprint density at radius 2 is 2.45 bits per heavy atom. The van der Waals surface area contributed by atoms with E-state index in [1.165, 1.54) is 0 Å². The molecule has 0 spiro atoms. The lowest BCUT2D eigenvalue weighted by Gasteiger charge is -2.27. The highest BCUT2D eigenvalue weighted by Gasteiger charge is 2.31. The molecule has 2 saturated heterocycles. The number of guanidine groups is 1. The average molecular weight is 414 g/mol. The smallest absolute Gasteiger partial charge is 0.220 e. The Morgan fingerprint density at radius 3 is 3.00 bits per heavy atom. The second-order valence-corrected chi connectivity index (χ2v) is 6.24. The summed E-state index contributed by atoms with van der Waals surface area (Å²) in [5, 5.41) is 19.5. The minimum atomic E-state index is -0.622. The lowest BCUT2D eigenvalue weighted by atomic mass is 10.0. The van der Waals surface area contributed by atoms with Crippen LogP contribution in [0.15, 0.2) is 4.99 Å². The van der Waals surface area contributed by atoms with Crippen LogP contribution in [0.1, 0.15) is 19.3 Å². The molecule has 6 nitrogen and oxygen atoms in total. The Bertz CT molecular complexity index is 351. The lowest BCUT2D eigenvalue weighted by Crippen LogP contribution is -2.53. The van der Waals surface area contributed by atoms with Crippen LogP contribution < -0.4 is 16.0 Å². The molecule has 116 valence electrons. The van der Waals surface area contributed by atoms with Gasteiger partial charge in [-0.15, -0.1) is 24.0 Å². The molecule has 4 N–H and O–H groups in total. The van der Waals surface area contributed by atoms with E-state index in [-0.39, 0.29) is 35.9 Å². The second kappa shape index (κ2) is 8.28. The van der Waals surface area contributed by atoms with Gasteiger partial charge in [-0.25, -0.2) is 0 Å². The van der Waals surface area contributed by atoms with Crippen molar-refractivity contribution in [3.8, 4) is 0 Å². The molecule has 0 aliphatic carbocycles. The number of thioether (sulfide) groups is 1. The van der Waals surface area contributed by atoms with Gasteiger partial charge in [0.2, 0.25) is 5.91 Å². The molecule has 0 aromatic heterocycles. The number of amides is 1. The number of hydrogen-bond acceptors (Lipinski definition) is 4. The van der Waals surface area contributed by atoms with Crippen molar-refractivity contribution >= 4 is 47.6 Å². The Morgan fingerprint density at radius 1 is 1.65 bits per heavy atom. The molecular weight excluding hydrogens is 391 g/mol. The van der Waals surface area contributed by atoms with Crippen LogP contribution >= 0.6 is 35.7 Å². The van der Waals surface area contributed by atoms with E-state index in [2.05, 4.69) is 20.9 Å². The first kappa shape index (κ1) is 17.8. The summed E-state index contributed by atoms with van der Waals surface area (Å²) in [4.78, 5) is 15.2. The van der Waals surface area contributed by atoms with Crippen molar-refractivity contribution < 1.29 is 9.90 Å². The number of piperidine rings is 1. The molecule has 2 heterocycles.